The normalized spacial score (nSPS) is 43.7. The van der Waals surface area contributed by atoms with Gasteiger partial charge in [-0.15, -0.1) is 0 Å². The first kappa shape index (κ1) is 6.22. The van der Waals surface area contributed by atoms with Crippen LogP contribution in [0.25, 0.3) is 0 Å². The molecule has 0 aromatic carbocycles. The molecule has 2 aliphatic rings. The van der Waals surface area contributed by atoms with E-state index in [9.17, 15) is 0 Å². The number of hydrogen-bond acceptors (Lipinski definition) is 1. The Morgan fingerprint density at radius 1 is 1.30 bits per heavy atom. The van der Waals surface area contributed by atoms with Gasteiger partial charge in [0.05, 0.1) is 6.07 Å². The minimum atomic E-state index is 0.781. The van der Waals surface area contributed by atoms with E-state index in [4.69, 9.17) is 5.26 Å². The molecule has 0 aliphatic heterocycles. The van der Waals surface area contributed by atoms with Crippen molar-refractivity contribution in [2.75, 3.05) is 0 Å². The summed E-state index contributed by atoms with van der Waals surface area (Å²) in [5, 5.41) is 8.50. The van der Waals surface area contributed by atoms with Crippen molar-refractivity contribution in [1.29, 1.82) is 5.26 Å². The average molecular weight is 135 g/mol. The van der Waals surface area contributed by atoms with Crippen LogP contribution in [0.4, 0.5) is 0 Å². The van der Waals surface area contributed by atoms with Crippen LogP contribution in [0.2, 0.25) is 0 Å². The highest BCUT2D eigenvalue weighted by atomic mass is 14.4. The summed E-state index contributed by atoms with van der Waals surface area (Å²) >= 11 is 0. The number of nitrogens with zero attached hydrogens (tertiary/aromatic N) is 1. The smallest absolute Gasteiger partial charge is 0.0624 e. The Bertz CT molecular complexity index is 168. The van der Waals surface area contributed by atoms with Crippen LogP contribution in [0, 0.1) is 29.1 Å². The number of nitriles is 1. The lowest BCUT2D eigenvalue weighted by Crippen LogP contribution is -2.08. The monoisotopic (exact) mass is 135 g/mol. The molecule has 10 heavy (non-hydrogen) atoms. The minimum absolute atomic E-state index is 0.781. The summed E-state index contributed by atoms with van der Waals surface area (Å²) in [6.45, 7) is 0. The molecule has 0 amide bonds. The molecular weight excluding hydrogens is 122 g/mol. The van der Waals surface area contributed by atoms with Crippen LogP contribution in [0.3, 0.4) is 0 Å². The van der Waals surface area contributed by atoms with Crippen LogP contribution in [-0.4, -0.2) is 0 Å². The maximum Gasteiger partial charge on any atom is 0.0624 e. The molecule has 0 radical (unpaired) electrons. The van der Waals surface area contributed by atoms with Crippen molar-refractivity contribution in [3.05, 3.63) is 0 Å². The molecule has 54 valence electrons. The Kier molecular flexibility index (Phi) is 1.41. The fourth-order valence-electron chi connectivity index (χ4n) is 2.74. The lowest BCUT2D eigenvalue weighted by atomic mass is 9.87. The van der Waals surface area contributed by atoms with Crippen LogP contribution in [0.5, 0.6) is 0 Å². The van der Waals surface area contributed by atoms with Crippen molar-refractivity contribution in [3.8, 4) is 6.07 Å². The van der Waals surface area contributed by atoms with E-state index in [0.717, 1.165) is 24.2 Å². The Hall–Kier alpha value is -0.510. The van der Waals surface area contributed by atoms with Gasteiger partial charge in [-0.25, -0.2) is 0 Å². The molecule has 0 aromatic heterocycles. The SMILES string of the molecule is N#CC[C@@H]1C[C@@H]2CCC1C2. The summed E-state index contributed by atoms with van der Waals surface area (Å²) in [7, 11) is 0. The molecule has 0 saturated heterocycles. The second-order valence-electron chi connectivity index (χ2n) is 3.80. The van der Waals surface area contributed by atoms with Gasteiger partial charge in [0.2, 0.25) is 0 Å². The van der Waals surface area contributed by atoms with Gasteiger partial charge >= 0.3 is 0 Å². The molecular formula is C9H13N. The molecule has 2 fully saturated rings. The van der Waals surface area contributed by atoms with Gasteiger partial charge in [0.15, 0.2) is 0 Å². The van der Waals surface area contributed by atoms with Gasteiger partial charge in [0, 0.05) is 6.42 Å². The Morgan fingerprint density at radius 3 is 2.70 bits per heavy atom. The Morgan fingerprint density at radius 2 is 2.20 bits per heavy atom. The molecule has 0 aromatic rings. The van der Waals surface area contributed by atoms with Gasteiger partial charge in [0.25, 0.3) is 0 Å². The third-order valence-electron chi connectivity index (χ3n) is 3.24. The highest BCUT2D eigenvalue weighted by Crippen LogP contribution is 2.49. The van der Waals surface area contributed by atoms with E-state index >= 15 is 0 Å². The average Bonchev–Trinajstić information content (AvgIpc) is 2.48. The molecule has 3 atom stereocenters. The number of fused-ring (bicyclic) bond motifs is 2. The summed E-state index contributed by atoms with van der Waals surface area (Å²) in [4.78, 5) is 0. The zero-order valence-electron chi connectivity index (χ0n) is 6.21. The predicted molar refractivity (Wildman–Crippen MR) is 39.2 cm³/mol. The molecule has 0 N–H and O–H groups in total. The van der Waals surface area contributed by atoms with Crippen LogP contribution in [0.15, 0.2) is 0 Å². The molecule has 1 unspecified atom stereocenters. The van der Waals surface area contributed by atoms with Crippen LogP contribution in [0.1, 0.15) is 32.1 Å². The maximum atomic E-state index is 8.50. The van der Waals surface area contributed by atoms with Gasteiger partial charge in [-0.3, -0.25) is 0 Å². The van der Waals surface area contributed by atoms with Gasteiger partial charge in [-0.05, 0) is 37.0 Å². The Labute approximate surface area is 62.0 Å². The van der Waals surface area contributed by atoms with Gasteiger partial charge in [-0.1, -0.05) is 6.42 Å². The topological polar surface area (TPSA) is 23.8 Å². The summed E-state index contributed by atoms with van der Waals surface area (Å²) in [6.07, 6.45) is 6.48. The van der Waals surface area contributed by atoms with E-state index in [2.05, 4.69) is 6.07 Å². The van der Waals surface area contributed by atoms with Gasteiger partial charge < -0.3 is 0 Å². The van der Waals surface area contributed by atoms with E-state index in [1.165, 1.54) is 25.7 Å². The summed E-state index contributed by atoms with van der Waals surface area (Å²) in [5.41, 5.74) is 0. The zero-order chi connectivity index (χ0) is 6.97. The first-order valence-electron chi connectivity index (χ1n) is 4.27. The fraction of sp³-hybridized carbons (Fsp3) is 0.889. The fourth-order valence-corrected chi connectivity index (χ4v) is 2.74. The predicted octanol–water partition coefficient (Wildman–Crippen LogP) is 2.34. The number of rotatable bonds is 1. The maximum absolute atomic E-state index is 8.50. The molecule has 2 aliphatic carbocycles. The first-order chi connectivity index (χ1) is 4.90. The number of hydrogen-bond donors (Lipinski definition) is 0. The second-order valence-corrected chi connectivity index (χ2v) is 3.80. The van der Waals surface area contributed by atoms with Crippen molar-refractivity contribution < 1.29 is 0 Å². The van der Waals surface area contributed by atoms with E-state index in [1.807, 2.05) is 0 Å². The molecule has 2 bridgehead atoms. The quantitative estimate of drug-likeness (QED) is 0.541. The van der Waals surface area contributed by atoms with E-state index in [1.54, 1.807) is 0 Å². The lowest BCUT2D eigenvalue weighted by molar-refractivity contribution is 0.339. The summed E-state index contributed by atoms with van der Waals surface area (Å²) < 4.78 is 0. The first-order valence-corrected chi connectivity index (χ1v) is 4.27. The van der Waals surface area contributed by atoms with E-state index in [0.29, 0.717) is 0 Å². The minimum Gasteiger partial charge on any atom is -0.198 e. The summed E-state index contributed by atoms with van der Waals surface area (Å²) in [6, 6.07) is 2.29. The molecule has 0 heterocycles. The second kappa shape index (κ2) is 2.27. The highest BCUT2D eigenvalue weighted by molar-refractivity contribution is 4.93. The van der Waals surface area contributed by atoms with E-state index in [-0.39, 0.29) is 0 Å². The zero-order valence-corrected chi connectivity index (χ0v) is 6.21. The molecule has 1 heteroatoms. The largest absolute Gasteiger partial charge is 0.198 e. The third kappa shape index (κ3) is 0.831. The van der Waals surface area contributed by atoms with Crippen LogP contribution >= 0.6 is 0 Å². The van der Waals surface area contributed by atoms with Crippen LogP contribution < -0.4 is 0 Å². The molecule has 1 nitrogen and oxygen atoms in total. The van der Waals surface area contributed by atoms with Crippen molar-refractivity contribution in [2.45, 2.75) is 32.1 Å². The standard InChI is InChI=1S/C9H13N/c10-4-3-9-6-7-1-2-8(9)5-7/h7-9H,1-3,5-6H2/t7-,8?,9-/m1/s1. The molecule has 2 saturated carbocycles. The van der Waals surface area contributed by atoms with Crippen LogP contribution in [-0.2, 0) is 0 Å². The third-order valence-corrected chi connectivity index (χ3v) is 3.24. The molecule has 2 rings (SSSR count). The van der Waals surface area contributed by atoms with E-state index < -0.39 is 0 Å². The lowest BCUT2D eigenvalue weighted by Gasteiger charge is -2.17. The molecule has 0 spiro atoms. The van der Waals surface area contributed by atoms with Crippen molar-refractivity contribution in [2.24, 2.45) is 17.8 Å². The highest BCUT2D eigenvalue weighted by Gasteiger charge is 2.38. The summed E-state index contributed by atoms with van der Waals surface area (Å²) in [5.74, 6) is 2.72. The Balaban J connectivity index is 1.97. The van der Waals surface area contributed by atoms with Gasteiger partial charge in [0.1, 0.15) is 0 Å². The van der Waals surface area contributed by atoms with Gasteiger partial charge in [-0.2, -0.15) is 5.26 Å². The van der Waals surface area contributed by atoms with Crippen molar-refractivity contribution >= 4 is 0 Å². The van der Waals surface area contributed by atoms with Crippen molar-refractivity contribution in [1.82, 2.24) is 0 Å². The van der Waals surface area contributed by atoms with Crippen molar-refractivity contribution in [3.63, 3.8) is 0 Å².